The van der Waals surface area contributed by atoms with E-state index in [9.17, 15) is 0 Å². The van der Waals surface area contributed by atoms with Gasteiger partial charge in [0.05, 0.1) is 0 Å². The number of rotatable bonds is 5. The molecule has 1 aliphatic rings. The Balaban J connectivity index is 1.69. The number of nitrogens with zero attached hydrogens (tertiary/aromatic N) is 3. The van der Waals surface area contributed by atoms with Crippen LogP contribution in [0.5, 0.6) is 0 Å². The van der Waals surface area contributed by atoms with Gasteiger partial charge in [-0.05, 0) is 37.9 Å². The molecule has 5 nitrogen and oxygen atoms in total. The van der Waals surface area contributed by atoms with E-state index in [4.69, 9.17) is 4.42 Å². The zero-order valence-corrected chi connectivity index (χ0v) is 13.3. The summed E-state index contributed by atoms with van der Waals surface area (Å²) in [5.41, 5.74) is 1.38. The lowest BCUT2D eigenvalue weighted by atomic mass is 9.87. The Labute approximate surface area is 131 Å². The number of aryl methyl sites for hydroxylation is 1. The van der Waals surface area contributed by atoms with E-state index < -0.39 is 0 Å². The molecule has 1 aromatic heterocycles. The largest absolute Gasteiger partial charge is 0.408 e. The number of nitrogens with one attached hydrogen (secondary N) is 1. The van der Waals surface area contributed by atoms with Gasteiger partial charge in [0.1, 0.15) is 0 Å². The maximum atomic E-state index is 5.61. The Bertz CT molecular complexity index is 583. The van der Waals surface area contributed by atoms with Crippen molar-refractivity contribution in [3.63, 3.8) is 0 Å². The van der Waals surface area contributed by atoms with Crippen molar-refractivity contribution in [3.8, 4) is 0 Å². The molecule has 0 radical (unpaired) electrons. The van der Waals surface area contributed by atoms with Crippen molar-refractivity contribution >= 4 is 6.01 Å². The van der Waals surface area contributed by atoms with Gasteiger partial charge in [0.15, 0.2) is 0 Å². The Morgan fingerprint density at radius 1 is 1.27 bits per heavy atom. The minimum atomic E-state index is 0.376. The molecule has 3 rings (SSSR count). The smallest absolute Gasteiger partial charge is 0.315 e. The van der Waals surface area contributed by atoms with Gasteiger partial charge in [0.2, 0.25) is 5.89 Å². The molecule has 0 spiro atoms. The van der Waals surface area contributed by atoms with E-state index in [1.807, 2.05) is 6.92 Å². The first-order valence-corrected chi connectivity index (χ1v) is 8.06. The van der Waals surface area contributed by atoms with Crippen LogP contribution >= 0.6 is 0 Å². The number of likely N-dealkylation sites (tertiary alicyclic amines) is 1. The minimum absolute atomic E-state index is 0.376. The number of piperidine rings is 1. The second kappa shape index (κ2) is 6.92. The first-order chi connectivity index (χ1) is 10.7. The van der Waals surface area contributed by atoms with Crippen molar-refractivity contribution < 1.29 is 4.42 Å². The SMILES string of the molecule is CCc1nnc(N[C@@H]2CCN(C)C[C@@H]2Cc2ccccc2)o1. The molecule has 2 heterocycles. The van der Waals surface area contributed by atoms with Crippen LogP contribution < -0.4 is 5.32 Å². The van der Waals surface area contributed by atoms with Crippen LogP contribution in [0.2, 0.25) is 0 Å². The van der Waals surface area contributed by atoms with E-state index in [0.717, 1.165) is 32.4 Å². The van der Waals surface area contributed by atoms with Crippen molar-refractivity contribution in [1.82, 2.24) is 15.1 Å². The number of benzene rings is 1. The average Bonchev–Trinajstić information content (AvgIpc) is 2.99. The van der Waals surface area contributed by atoms with Crippen LogP contribution in [0.3, 0.4) is 0 Å². The average molecular weight is 300 g/mol. The van der Waals surface area contributed by atoms with Gasteiger partial charge in [-0.1, -0.05) is 42.4 Å². The molecule has 0 amide bonds. The predicted octanol–water partition coefficient (Wildman–Crippen LogP) is 2.61. The molecule has 118 valence electrons. The lowest BCUT2D eigenvalue weighted by molar-refractivity contribution is 0.192. The van der Waals surface area contributed by atoms with Crippen LogP contribution in [0.1, 0.15) is 24.8 Å². The highest BCUT2D eigenvalue weighted by Gasteiger charge is 2.29. The maximum absolute atomic E-state index is 5.61. The third kappa shape index (κ3) is 3.65. The summed E-state index contributed by atoms with van der Waals surface area (Å²) in [5.74, 6) is 1.23. The second-order valence-electron chi connectivity index (χ2n) is 6.11. The quantitative estimate of drug-likeness (QED) is 0.920. The monoisotopic (exact) mass is 300 g/mol. The molecule has 0 saturated carbocycles. The Morgan fingerprint density at radius 3 is 2.82 bits per heavy atom. The van der Waals surface area contributed by atoms with Crippen molar-refractivity contribution in [2.45, 2.75) is 32.2 Å². The van der Waals surface area contributed by atoms with Gasteiger partial charge >= 0.3 is 6.01 Å². The fourth-order valence-electron chi connectivity index (χ4n) is 3.14. The minimum Gasteiger partial charge on any atom is -0.408 e. The van der Waals surface area contributed by atoms with E-state index in [2.05, 4.69) is 57.8 Å². The molecule has 1 aromatic carbocycles. The molecule has 1 aliphatic heterocycles. The molecule has 22 heavy (non-hydrogen) atoms. The van der Waals surface area contributed by atoms with Gasteiger partial charge < -0.3 is 14.6 Å². The van der Waals surface area contributed by atoms with Gasteiger partial charge in [0.25, 0.3) is 0 Å². The van der Waals surface area contributed by atoms with Crippen LogP contribution in [0.25, 0.3) is 0 Å². The molecule has 5 heteroatoms. The summed E-state index contributed by atoms with van der Waals surface area (Å²) in [5, 5.41) is 11.6. The second-order valence-corrected chi connectivity index (χ2v) is 6.11. The fraction of sp³-hybridized carbons (Fsp3) is 0.529. The summed E-state index contributed by atoms with van der Waals surface area (Å²) in [6.07, 6.45) is 2.94. The summed E-state index contributed by atoms with van der Waals surface area (Å²) in [7, 11) is 2.19. The van der Waals surface area contributed by atoms with Gasteiger partial charge in [-0.25, -0.2) is 0 Å². The van der Waals surface area contributed by atoms with Gasteiger partial charge in [-0.3, -0.25) is 0 Å². The fourth-order valence-corrected chi connectivity index (χ4v) is 3.14. The van der Waals surface area contributed by atoms with Gasteiger partial charge in [-0.15, -0.1) is 5.10 Å². The van der Waals surface area contributed by atoms with Crippen LogP contribution in [0.15, 0.2) is 34.7 Å². The number of anilines is 1. The molecule has 1 saturated heterocycles. The van der Waals surface area contributed by atoms with Crippen molar-refractivity contribution in [3.05, 3.63) is 41.8 Å². The lowest BCUT2D eigenvalue weighted by Crippen LogP contribution is -2.45. The molecular weight excluding hydrogens is 276 g/mol. The van der Waals surface area contributed by atoms with Crippen molar-refractivity contribution in [2.75, 3.05) is 25.5 Å². The highest BCUT2D eigenvalue weighted by molar-refractivity contribution is 5.23. The molecule has 2 aromatic rings. The first-order valence-electron chi connectivity index (χ1n) is 8.06. The molecule has 0 aliphatic carbocycles. The standard InChI is InChI=1S/C17H24N4O/c1-3-16-19-20-17(22-16)18-15-9-10-21(2)12-14(15)11-13-7-5-4-6-8-13/h4-8,14-15H,3,9-12H2,1-2H3,(H,18,20)/t14-,15+/m0/s1. The summed E-state index contributed by atoms with van der Waals surface area (Å²) < 4.78 is 5.61. The third-order valence-electron chi connectivity index (χ3n) is 4.36. The van der Waals surface area contributed by atoms with Crippen LogP contribution in [0.4, 0.5) is 6.01 Å². The molecule has 1 fully saturated rings. The first kappa shape index (κ1) is 15.0. The third-order valence-corrected chi connectivity index (χ3v) is 4.36. The van der Waals surface area contributed by atoms with E-state index >= 15 is 0 Å². The zero-order chi connectivity index (χ0) is 15.4. The normalized spacial score (nSPS) is 22.6. The lowest BCUT2D eigenvalue weighted by Gasteiger charge is -2.37. The van der Waals surface area contributed by atoms with Crippen molar-refractivity contribution in [2.24, 2.45) is 5.92 Å². The molecule has 0 unspecified atom stereocenters. The van der Waals surface area contributed by atoms with E-state index in [1.54, 1.807) is 0 Å². The summed E-state index contributed by atoms with van der Waals surface area (Å²) in [6, 6.07) is 11.6. The van der Waals surface area contributed by atoms with E-state index in [0.29, 0.717) is 23.9 Å². The molecular formula is C17H24N4O. The highest BCUT2D eigenvalue weighted by Crippen LogP contribution is 2.24. The summed E-state index contributed by atoms with van der Waals surface area (Å²) in [6.45, 7) is 4.20. The topological polar surface area (TPSA) is 54.2 Å². The number of aromatic nitrogens is 2. The Morgan fingerprint density at radius 2 is 2.09 bits per heavy atom. The van der Waals surface area contributed by atoms with E-state index in [1.165, 1.54) is 5.56 Å². The van der Waals surface area contributed by atoms with Crippen LogP contribution in [-0.2, 0) is 12.8 Å². The predicted molar refractivity (Wildman–Crippen MR) is 86.8 cm³/mol. The van der Waals surface area contributed by atoms with Gasteiger partial charge in [-0.2, -0.15) is 0 Å². The summed E-state index contributed by atoms with van der Waals surface area (Å²) >= 11 is 0. The molecule has 1 N–H and O–H groups in total. The molecule has 2 atom stereocenters. The van der Waals surface area contributed by atoms with Crippen molar-refractivity contribution in [1.29, 1.82) is 0 Å². The number of hydrogen-bond donors (Lipinski definition) is 1. The Hall–Kier alpha value is -1.88. The maximum Gasteiger partial charge on any atom is 0.315 e. The summed E-state index contributed by atoms with van der Waals surface area (Å²) in [4.78, 5) is 2.40. The molecule has 0 bridgehead atoms. The Kier molecular flexibility index (Phi) is 4.73. The van der Waals surface area contributed by atoms with E-state index in [-0.39, 0.29) is 0 Å². The zero-order valence-electron chi connectivity index (χ0n) is 13.3. The number of hydrogen-bond acceptors (Lipinski definition) is 5. The van der Waals surface area contributed by atoms with Crippen LogP contribution in [0, 0.1) is 5.92 Å². The van der Waals surface area contributed by atoms with Crippen LogP contribution in [-0.4, -0.2) is 41.3 Å². The highest BCUT2D eigenvalue weighted by atomic mass is 16.4. The van der Waals surface area contributed by atoms with Gasteiger partial charge in [0, 0.05) is 19.0 Å².